The van der Waals surface area contributed by atoms with Gasteiger partial charge in [0.15, 0.2) is 0 Å². The molecule has 0 aromatic carbocycles. The van der Waals surface area contributed by atoms with E-state index in [1.165, 1.54) is 0 Å². The lowest BCUT2D eigenvalue weighted by atomic mass is 10.3. The summed E-state index contributed by atoms with van der Waals surface area (Å²) in [7, 11) is 1.55. The third kappa shape index (κ3) is 1.04. The molecule has 1 fully saturated rings. The second-order valence-corrected chi connectivity index (χ2v) is 2.23. The first-order valence-electron chi connectivity index (χ1n) is 3.25. The number of nitrogens with zero attached hydrogens (tertiary/aromatic N) is 1. The molecule has 1 aliphatic rings. The Kier molecular flexibility index (Phi) is 2.06. The molecule has 0 N–H and O–H groups in total. The molecule has 0 spiro atoms. The summed E-state index contributed by atoms with van der Waals surface area (Å²) in [6.07, 6.45) is 2.08. The monoisotopic (exact) mass is 141 g/mol. The molecular weight excluding hydrogens is 130 g/mol. The summed E-state index contributed by atoms with van der Waals surface area (Å²) in [6, 6.07) is 0. The minimum absolute atomic E-state index is 0.0255. The van der Waals surface area contributed by atoms with Crippen LogP contribution in [0.15, 0.2) is 12.8 Å². The lowest BCUT2D eigenvalue weighted by molar-refractivity contribution is -0.133. The number of carbonyl (C=O) groups excluding carboxylic acids is 1. The largest absolute Gasteiger partial charge is 0.372 e. The first-order valence-corrected chi connectivity index (χ1v) is 3.25. The van der Waals surface area contributed by atoms with Crippen molar-refractivity contribution >= 4 is 5.91 Å². The van der Waals surface area contributed by atoms with Crippen molar-refractivity contribution in [3.63, 3.8) is 0 Å². The van der Waals surface area contributed by atoms with E-state index in [2.05, 4.69) is 6.58 Å². The molecule has 3 heteroatoms. The van der Waals surface area contributed by atoms with Gasteiger partial charge in [-0.25, -0.2) is 0 Å². The second kappa shape index (κ2) is 2.84. The minimum atomic E-state index is -0.238. The fourth-order valence-corrected chi connectivity index (χ4v) is 1.07. The molecule has 1 rings (SSSR count). The maximum absolute atomic E-state index is 11.1. The standard InChI is InChI=1S/C7H11NO2/c1-3-8-5-4-6(10-2)7(8)9/h3,6H,1,4-5H2,2H3. The molecule has 1 atom stereocenters. The third-order valence-corrected chi connectivity index (χ3v) is 1.70. The Labute approximate surface area is 60.3 Å². The van der Waals surface area contributed by atoms with Crippen molar-refractivity contribution in [2.45, 2.75) is 12.5 Å². The van der Waals surface area contributed by atoms with Crippen LogP contribution in [-0.4, -0.2) is 30.6 Å². The van der Waals surface area contributed by atoms with Gasteiger partial charge in [0.05, 0.1) is 0 Å². The quantitative estimate of drug-likeness (QED) is 0.556. The van der Waals surface area contributed by atoms with Crippen LogP contribution in [0.25, 0.3) is 0 Å². The van der Waals surface area contributed by atoms with Crippen molar-refractivity contribution in [2.75, 3.05) is 13.7 Å². The van der Waals surface area contributed by atoms with E-state index in [0.29, 0.717) is 0 Å². The Morgan fingerprint density at radius 2 is 2.60 bits per heavy atom. The van der Waals surface area contributed by atoms with Crippen molar-refractivity contribution in [3.8, 4) is 0 Å². The summed E-state index contributed by atoms with van der Waals surface area (Å²) < 4.78 is 4.92. The fraction of sp³-hybridized carbons (Fsp3) is 0.571. The van der Waals surface area contributed by atoms with Crippen molar-refractivity contribution in [3.05, 3.63) is 12.8 Å². The van der Waals surface area contributed by atoms with Gasteiger partial charge in [-0.1, -0.05) is 6.58 Å². The normalized spacial score (nSPS) is 25.5. The smallest absolute Gasteiger partial charge is 0.255 e. The Bertz CT molecular complexity index is 156. The molecule has 10 heavy (non-hydrogen) atoms. The highest BCUT2D eigenvalue weighted by atomic mass is 16.5. The molecule has 3 nitrogen and oxygen atoms in total. The van der Waals surface area contributed by atoms with E-state index in [1.54, 1.807) is 18.2 Å². The Morgan fingerprint density at radius 1 is 1.90 bits per heavy atom. The number of ether oxygens (including phenoxy) is 1. The summed E-state index contributed by atoms with van der Waals surface area (Å²) in [5, 5.41) is 0. The van der Waals surface area contributed by atoms with E-state index in [-0.39, 0.29) is 12.0 Å². The average molecular weight is 141 g/mol. The van der Waals surface area contributed by atoms with Crippen LogP contribution in [0.1, 0.15) is 6.42 Å². The first kappa shape index (κ1) is 7.28. The first-order chi connectivity index (χ1) is 4.79. The lowest BCUT2D eigenvalue weighted by Gasteiger charge is -2.08. The van der Waals surface area contributed by atoms with E-state index >= 15 is 0 Å². The van der Waals surface area contributed by atoms with Crippen molar-refractivity contribution in [2.24, 2.45) is 0 Å². The highest BCUT2D eigenvalue weighted by Gasteiger charge is 2.29. The minimum Gasteiger partial charge on any atom is -0.372 e. The molecule has 56 valence electrons. The van der Waals surface area contributed by atoms with Gasteiger partial charge in [-0.2, -0.15) is 0 Å². The van der Waals surface area contributed by atoms with Gasteiger partial charge < -0.3 is 9.64 Å². The van der Waals surface area contributed by atoms with Crippen LogP contribution < -0.4 is 0 Å². The fourth-order valence-electron chi connectivity index (χ4n) is 1.07. The topological polar surface area (TPSA) is 29.5 Å². The number of likely N-dealkylation sites (tertiary alicyclic amines) is 1. The zero-order chi connectivity index (χ0) is 7.56. The molecule has 0 aromatic heterocycles. The Balaban J connectivity index is 2.57. The van der Waals surface area contributed by atoms with Crippen LogP contribution >= 0.6 is 0 Å². The molecule has 0 bridgehead atoms. The van der Waals surface area contributed by atoms with Gasteiger partial charge in [-0.15, -0.1) is 0 Å². The van der Waals surface area contributed by atoms with E-state index in [4.69, 9.17) is 4.74 Å². The van der Waals surface area contributed by atoms with Crippen LogP contribution in [0.3, 0.4) is 0 Å². The van der Waals surface area contributed by atoms with Gasteiger partial charge in [-0.3, -0.25) is 4.79 Å². The number of hydrogen-bond acceptors (Lipinski definition) is 2. The summed E-state index contributed by atoms with van der Waals surface area (Å²) in [4.78, 5) is 12.7. The summed E-state index contributed by atoms with van der Waals surface area (Å²) in [5.74, 6) is 0.0255. The van der Waals surface area contributed by atoms with Crippen molar-refractivity contribution < 1.29 is 9.53 Å². The summed E-state index contributed by atoms with van der Waals surface area (Å²) in [5.41, 5.74) is 0. The van der Waals surface area contributed by atoms with E-state index in [9.17, 15) is 4.79 Å². The predicted octanol–water partition coefficient (Wildman–Crippen LogP) is 0.377. The van der Waals surface area contributed by atoms with E-state index in [1.807, 2.05) is 0 Å². The number of rotatable bonds is 2. The molecule has 1 unspecified atom stereocenters. The zero-order valence-electron chi connectivity index (χ0n) is 6.04. The molecule has 0 radical (unpaired) electrons. The molecule has 0 aliphatic carbocycles. The predicted molar refractivity (Wildman–Crippen MR) is 37.3 cm³/mol. The van der Waals surface area contributed by atoms with Crippen LogP contribution in [0.2, 0.25) is 0 Å². The van der Waals surface area contributed by atoms with Gasteiger partial charge >= 0.3 is 0 Å². The molecule has 1 amide bonds. The van der Waals surface area contributed by atoms with Gasteiger partial charge in [0.1, 0.15) is 6.10 Å². The highest BCUT2D eigenvalue weighted by Crippen LogP contribution is 2.12. The maximum Gasteiger partial charge on any atom is 0.255 e. The Hall–Kier alpha value is -0.830. The van der Waals surface area contributed by atoms with Crippen LogP contribution in [0.5, 0.6) is 0 Å². The lowest BCUT2D eigenvalue weighted by Crippen LogP contribution is -2.25. The molecule has 1 aliphatic heterocycles. The third-order valence-electron chi connectivity index (χ3n) is 1.70. The van der Waals surface area contributed by atoms with Gasteiger partial charge in [0.2, 0.25) is 0 Å². The van der Waals surface area contributed by atoms with Gasteiger partial charge in [0, 0.05) is 20.1 Å². The SMILES string of the molecule is C=CN1CCC(OC)C1=O. The molecule has 1 heterocycles. The van der Waals surface area contributed by atoms with E-state index in [0.717, 1.165) is 13.0 Å². The van der Waals surface area contributed by atoms with Crippen LogP contribution in [0.4, 0.5) is 0 Å². The van der Waals surface area contributed by atoms with Crippen LogP contribution in [0, 0.1) is 0 Å². The molecule has 1 saturated heterocycles. The number of hydrogen-bond donors (Lipinski definition) is 0. The number of amides is 1. The second-order valence-electron chi connectivity index (χ2n) is 2.23. The summed E-state index contributed by atoms with van der Waals surface area (Å²) >= 11 is 0. The van der Waals surface area contributed by atoms with Gasteiger partial charge in [0.25, 0.3) is 5.91 Å². The van der Waals surface area contributed by atoms with Gasteiger partial charge in [-0.05, 0) is 6.20 Å². The molecule has 0 saturated carbocycles. The van der Waals surface area contributed by atoms with E-state index < -0.39 is 0 Å². The van der Waals surface area contributed by atoms with Crippen molar-refractivity contribution in [1.29, 1.82) is 0 Å². The average Bonchev–Trinajstić information content (AvgIpc) is 2.30. The number of carbonyl (C=O) groups is 1. The number of methoxy groups -OCH3 is 1. The van der Waals surface area contributed by atoms with Crippen LogP contribution in [-0.2, 0) is 9.53 Å². The maximum atomic E-state index is 11.1. The zero-order valence-corrected chi connectivity index (χ0v) is 6.04. The highest BCUT2D eigenvalue weighted by molar-refractivity contribution is 5.83. The Morgan fingerprint density at radius 3 is 2.90 bits per heavy atom. The summed E-state index contributed by atoms with van der Waals surface area (Å²) in [6.45, 7) is 4.25. The molecule has 0 aromatic rings. The molecular formula is C7H11NO2. The van der Waals surface area contributed by atoms with Crippen molar-refractivity contribution in [1.82, 2.24) is 4.90 Å².